The van der Waals surface area contributed by atoms with Crippen molar-refractivity contribution >= 4 is 18.3 Å². The van der Waals surface area contributed by atoms with Crippen LogP contribution in [-0.4, -0.2) is 47.1 Å². The molecule has 1 amide bonds. The van der Waals surface area contributed by atoms with Crippen LogP contribution in [0.2, 0.25) is 0 Å². The molecule has 8 heteroatoms. The number of nitrogens with zero attached hydrogens (tertiary/aromatic N) is 3. The van der Waals surface area contributed by atoms with Crippen LogP contribution in [-0.2, 0) is 6.42 Å². The van der Waals surface area contributed by atoms with Gasteiger partial charge in [-0.1, -0.05) is 5.16 Å². The Bertz CT molecular complexity index is 722. The minimum absolute atomic E-state index is 0. The Morgan fingerprint density at radius 2 is 2.15 bits per heavy atom. The van der Waals surface area contributed by atoms with E-state index in [1.807, 2.05) is 7.05 Å². The van der Waals surface area contributed by atoms with Crippen LogP contribution in [0.5, 0.6) is 0 Å². The number of likely N-dealkylation sites (N-methyl/N-ethyl adjacent to an activating group) is 1. The lowest BCUT2D eigenvalue weighted by Crippen LogP contribution is -2.39. The van der Waals surface area contributed by atoms with Crippen molar-refractivity contribution in [1.29, 1.82) is 0 Å². The molecular weight excluding hydrogens is 359 g/mol. The summed E-state index contributed by atoms with van der Waals surface area (Å²) < 4.78 is 18.5. The van der Waals surface area contributed by atoms with Crippen molar-refractivity contribution in [2.75, 3.05) is 20.1 Å². The van der Waals surface area contributed by atoms with E-state index < -0.39 is 0 Å². The van der Waals surface area contributed by atoms with E-state index in [1.54, 1.807) is 4.90 Å². The van der Waals surface area contributed by atoms with Crippen molar-refractivity contribution in [3.05, 3.63) is 47.4 Å². The topological polar surface area (TPSA) is 71.3 Å². The Morgan fingerprint density at radius 3 is 2.85 bits per heavy atom. The first kappa shape index (κ1) is 20.3. The zero-order chi connectivity index (χ0) is 17.8. The van der Waals surface area contributed by atoms with E-state index in [9.17, 15) is 9.18 Å². The van der Waals surface area contributed by atoms with E-state index in [-0.39, 0.29) is 36.1 Å². The van der Waals surface area contributed by atoms with Crippen LogP contribution in [0.15, 0.2) is 28.8 Å². The Kier molecular flexibility index (Phi) is 7.11. The third-order valence-corrected chi connectivity index (χ3v) is 4.61. The van der Waals surface area contributed by atoms with Gasteiger partial charge in [0.25, 0.3) is 5.91 Å². The number of carbonyl (C=O) groups is 1. The Labute approximate surface area is 158 Å². The van der Waals surface area contributed by atoms with Crippen LogP contribution in [0.3, 0.4) is 0 Å². The number of benzene rings is 1. The summed E-state index contributed by atoms with van der Waals surface area (Å²) in [6.45, 7) is 3.28. The van der Waals surface area contributed by atoms with Crippen LogP contribution >= 0.6 is 12.4 Å². The first-order valence-electron chi connectivity index (χ1n) is 8.61. The molecule has 2 atom stereocenters. The minimum atomic E-state index is -0.345. The molecule has 1 aromatic carbocycles. The van der Waals surface area contributed by atoms with E-state index >= 15 is 0 Å². The molecule has 0 aliphatic carbocycles. The van der Waals surface area contributed by atoms with Gasteiger partial charge in [0.1, 0.15) is 5.82 Å². The molecule has 2 heterocycles. The van der Waals surface area contributed by atoms with Crippen molar-refractivity contribution in [3.63, 3.8) is 0 Å². The second-order valence-corrected chi connectivity index (χ2v) is 6.54. The van der Waals surface area contributed by atoms with Gasteiger partial charge in [-0.2, -0.15) is 4.98 Å². The lowest BCUT2D eigenvalue weighted by molar-refractivity contribution is 0.0695. The zero-order valence-electron chi connectivity index (χ0n) is 14.9. The summed E-state index contributed by atoms with van der Waals surface area (Å²) in [6, 6.07) is 5.92. The monoisotopic (exact) mass is 382 g/mol. The summed E-state index contributed by atoms with van der Waals surface area (Å²) in [5, 5.41) is 7.19. The number of piperidine rings is 1. The molecular formula is C18H24ClFN4O2. The molecule has 1 aromatic heterocycles. The van der Waals surface area contributed by atoms with Gasteiger partial charge in [-0.05, 0) is 51.1 Å². The molecule has 0 spiro atoms. The Hall–Kier alpha value is -1.99. The van der Waals surface area contributed by atoms with Crippen molar-refractivity contribution in [2.24, 2.45) is 0 Å². The standard InChI is InChI=1S/C18H23FN4O2.ClH/c1-12(20-2)10-16-21-17(25-22-16)14-4-3-9-23(11-14)18(24)13-5-7-15(19)8-6-13;/h5-8,12,14,20H,3-4,9-11H2,1-2H3;1H. The summed E-state index contributed by atoms with van der Waals surface area (Å²) in [5.41, 5.74) is 0.496. The highest BCUT2D eigenvalue weighted by Gasteiger charge is 2.29. The number of carbonyl (C=O) groups excluding carboxylic acids is 1. The summed E-state index contributed by atoms with van der Waals surface area (Å²) in [4.78, 5) is 18.9. The maximum atomic E-state index is 13.0. The number of nitrogens with one attached hydrogen (secondary N) is 1. The quantitative estimate of drug-likeness (QED) is 0.860. The highest BCUT2D eigenvalue weighted by Crippen LogP contribution is 2.27. The smallest absolute Gasteiger partial charge is 0.253 e. The van der Waals surface area contributed by atoms with E-state index in [0.717, 1.165) is 12.8 Å². The van der Waals surface area contributed by atoms with Crippen molar-refractivity contribution in [1.82, 2.24) is 20.4 Å². The molecule has 0 saturated carbocycles. The second-order valence-electron chi connectivity index (χ2n) is 6.54. The molecule has 2 aromatic rings. The third-order valence-electron chi connectivity index (χ3n) is 4.61. The van der Waals surface area contributed by atoms with E-state index in [4.69, 9.17) is 4.52 Å². The first-order chi connectivity index (χ1) is 12.1. The minimum Gasteiger partial charge on any atom is -0.339 e. The third kappa shape index (κ3) is 4.80. The molecule has 1 fully saturated rings. The summed E-state index contributed by atoms with van der Waals surface area (Å²) in [6.07, 6.45) is 2.49. The summed E-state index contributed by atoms with van der Waals surface area (Å²) in [5.74, 6) is 0.883. The molecule has 142 valence electrons. The number of likely N-dealkylation sites (tertiary alicyclic amines) is 1. The molecule has 26 heavy (non-hydrogen) atoms. The number of hydrogen-bond donors (Lipinski definition) is 1. The number of rotatable bonds is 5. The lowest BCUT2D eigenvalue weighted by Gasteiger charge is -2.31. The van der Waals surface area contributed by atoms with Gasteiger partial charge in [0.05, 0.1) is 5.92 Å². The van der Waals surface area contributed by atoms with E-state index in [2.05, 4.69) is 22.4 Å². The second kappa shape index (κ2) is 9.09. The fourth-order valence-corrected chi connectivity index (χ4v) is 3.03. The number of aromatic nitrogens is 2. The van der Waals surface area contributed by atoms with Crippen molar-refractivity contribution < 1.29 is 13.7 Å². The molecule has 6 nitrogen and oxygen atoms in total. The normalized spacial score (nSPS) is 18.3. The summed E-state index contributed by atoms with van der Waals surface area (Å²) >= 11 is 0. The molecule has 2 unspecified atom stereocenters. The molecule has 1 aliphatic rings. The van der Waals surface area contributed by atoms with Gasteiger partial charge in [0, 0.05) is 31.1 Å². The van der Waals surface area contributed by atoms with Crippen LogP contribution in [0, 0.1) is 5.82 Å². The van der Waals surface area contributed by atoms with Gasteiger partial charge in [0.15, 0.2) is 5.82 Å². The average molecular weight is 383 g/mol. The molecule has 1 saturated heterocycles. The maximum absolute atomic E-state index is 13.0. The number of hydrogen-bond acceptors (Lipinski definition) is 5. The highest BCUT2D eigenvalue weighted by atomic mass is 35.5. The molecule has 1 aliphatic heterocycles. The van der Waals surface area contributed by atoms with Crippen LogP contribution in [0.4, 0.5) is 4.39 Å². The van der Waals surface area contributed by atoms with Gasteiger partial charge in [-0.3, -0.25) is 4.79 Å². The van der Waals surface area contributed by atoms with Gasteiger partial charge in [-0.15, -0.1) is 12.4 Å². The highest BCUT2D eigenvalue weighted by molar-refractivity contribution is 5.94. The maximum Gasteiger partial charge on any atom is 0.253 e. The molecule has 0 radical (unpaired) electrons. The van der Waals surface area contributed by atoms with Gasteiger partial charge in [0.2, 0.25) is 5.89 Å². The predicted octanol–water partition coefficient (Wildman–Crippen LogP) is 2.80. The van der Waals surface area contributed by atoms with Gasteiger partial charge in [-0.25, -0.2) is 4.39 Å². The average Bonchev–Trinajstić information content (AvgIpc) is 3.10. The van der Waals surface area contributed by atoms with Crippen LogP contribution in [0.25, 0.3) is 0 Å². The molecule has 1 N–H and O–H groups in total. The number of amides is 1. The van der Waals surface area contributed by atoms with Crippen molar-refractivity contribution in [2.45, 2.75) is 38.1 Å². The van der Waals surface area contributed by atoms with Gasteiger partial charge < -0.3 is 14.7 Å². The lowest BCUT2D eigenvalue weighted by atomic mass is 9.97. The van der Waals surface area contributed by atoms with Crippen LogP contribution in [0.1, 0.15) is 47.8 Å². The fraction of sp³-hybridized carbons (Fsp3) is 0.500. The van der Waals surface area contributed by atoms with Crippen molar-refractivity contribution in [3.8, 4) is 0 Å². The largest absolute Gasteiger partial charge is 0.339 e. The van der Waals surface area contributed by atoms with Crippen LogP contribution < -0.4 is 5.32 Å². The SMILES string of the molecule is CNC(C)Cc1noc(C2CCCN(C(=O)c3ccc(F)cc3)C2)n1.Cl. The predicted molar refractivity (Wildman–Crippen MR) is 98.1 cm³/mol. The van der Waals surface area contributed by atoms with E-state index in [1.165, 1.54) is 24.3 Å². The van der Waals surface area contributed by atoms with E-state index in [0.29, 0.717) is 36.8 Å². The molecule has 0 bridgehead atoms. The van der Waals surface area contributed by atoms with Gasteiger partial charge >= 0.3 is 0 Å². The Morgan fingerprint density at radius 1 is 1.42 bits per heavy atom. The first-order valence-corrected chi connectivity index (χ1v) is 8.61. The fourth-order valence-electron chi connectivity index (χ4n) is 3.03. The number of halogens is 2. The Balaban J connectivity index is 0.00000243. The summed E-state index contributed by atoms with van der Waals surface area (Å²) in [7, 11) is 1.89. The zero-order valence-corrected chi connectivity index (χ0v) is 15.8. The molecule has 3 rings (SSSR count).